The number of anilines is 1. The molecule has 1 N–H and O–H groups in total. The predicted octanol–water partition coefficient (Wildman–Crippen LogP) is 4.52. The van der Waals surface area contributed by atoms with Crippen molar-refractivity contribution in [1.82, 2.24) is 9.88 Å². The molecule has 0 fully saturated rings. The van der Waals surface area contributed by atoms with Crippen molar-refractivity contribution < 1.29 is 9.59 Å². The number of benzene rings is 2. The van der Waals surface area contributed by atoms with E-state index in [0.717, 1.165) is 48.0 Å². The number of nitrogens with zero attached hydrogens (tertiary/aromatic N) is 2. The van der Waals surface area contributed by atoms with Crippen LogP contribution < -0.4 is 4.90 Å². The van der Waals surface area contributed by atoms with E-state index in [1.807, 2.05) is 58.3 Å². The van der Waals surface area contributed by atoms with Crippen LogP contribution in [0.3, 0.4) is 0 Å². The van der Waals surface area contributed by atoms with Crippen molar-refractivity contribution in [2.24, 2.45) is 0 Å². The van der Waals surface area contributed by atoms with E-state index in [1.165, 1.54) is 5.69 Å². The highest BCUT2D eigenvalue weighted by Crippen LogP contribution is 2.29. The first-order valence-corrected chi connectivity index (χ1v) is 10.3. The molecule has 0 aliphatic carbocycles. The van der Waals surface area contributed by atoms with Gasteiger partial charge in [0.15, 0.2) is 0 Å². The number of nitrogens with one attached hydrogen (secondary N) is 1. The summed E-state index contributed by atoms with van der Waals surface area (Å²) in [5.74, 6) is 0.104. The summed E-state index contributed by atoms with van der Waals surface area (Å²) >= 11 is 0. The number of H-pyrrole nitrogens is 1. The molecule has 1 aromatic heterocycles. The fourth-order valence-corrected chi connectivity index (χ4v) is 4.04. The average Bonchev–Trinajstić information content (AvgIpc) is 3.11. The molecule has 150 valence electrons. The number of hydrogen-bond donors (Lipinski definition) is 1. The number of carbonyl (C=O) groups is 2. The highest BCUT2D eigenvalue weighted by atomic mass is 16.2. The van der Waals surface area contributed by atoms with Crippen LogP contribution in [0.1, 0.15) is 48.3 Å². The number of aromatic amines is 1. The maximum atomic E-state index is 13.4. The van der Waals surface area contributed by atoms with Crippen molar-refractivity contribution in [1.29, 1.82) is 0 Å². The van der Waals surface area contributed by atoms with E-state index in [9.17, 15) is 9.59 Å². The molecule has 0 bridgehead atoms. The molecule has 1 aliphatic rings. The highest BCUT2D eigenvalue weighted by molar-refractivity contribution is 6.08. The maximum absolute atomic E-state index is 13.4. The molecular weight excluding hydrogens is 362 g/mol. The van der Waals surface area contributed by atoms with E-state index >= 15 is 0 Å². The molecule has 2 amide bonds. The van der Waals surface area contributed by atoms with E-state index in [1.54, 1.807) is 6.92 Å². The molecule has 0 unspecified atom stereocenters. The molecule has 29 heavy (non-hydrogen) atoms. The Hall–Kier alpha value is -3.08. The number of amides is 2. The molecule has 1 aliphatic heterocycles. The highest BCUT2D eigenvalue weighted by Gasteiger charge is 2.24. The van der Waals surface area contributed by atoms with Crippen LogP contribution in [0.5, 0.6) is 0 Å². The Labute approximate surface area is 171 Å². The van der Waals surface area contributed by atoms with Crippen LogP contribution in [-0.4, -0.2) is 34.8 Å². The van der Waals surface area contributed by atoms with Crippen LogP contribution in [-0.2, 0) is 17.8 Å². The molecule has 0 spiro atoms. The van der Waals surface area contributed by atoms with Gasteiger partial charge in [-0.3, -0.25) is 9.59 Å². The molecule has 4 rings (SSSR count). The van der Waals surface area contributed by atoms with Gasteiger partial charge in [-0.15, -0.1) is 0 Å². The van der Waals surface area contributed by atoms with Crippen molar-refractivity contribution in [3.63, 3.8) is 0 Å². The van der Waals surface area contributed by atoms with Crippen molar-refractivity contribution in [3.05, 3.63) is 65.4 Å². The Balaban J connectivity index is 1.70. The van der Waals surface area contributed by atoms with Gasteiger partial charge in [0.2, 0.25) is 5.91 Å². The molecule has 2 heterocycles. The molecule has 2 aromatic carbocycles. The summed E-state index contributed by atoms with van der Waals surface area (Å²) in [5.41, 5.74) is 4.93. The second kappa shape index (κ2) is 8.11. The van der Waals surface area contributed by atoms with Gasteiger partial charge in [-0.25, -0.2) is 0 Å². The summed E-state index contributed by atoms with van der Waals surface area (Å²) in [4.78, 5) is 32.5. The van der Waals surface area contributed by atoms with Gasteiger partial charge >= 0.3 is 0 Å². The molecule has 5 nitrogen and oxygen atoms in total. The minimum absolute atomic E-state index is 0.0146. The second-order valence-corrected chi connectivity index (χ2v) is 7.68. The fraction of sp³-hybridized carbons (Fsp3) is 0.333. The Morgan fingerprint density at radius 2 is 1.93 bits per heavy atom. The van der Waals surface area contributed by atoms with Gasteiger partial charge in [0.1, 0.15) is 0 Å². The molecule has 5 heteroatoms. The van der Waals surface area contributed by atoms with Gasteiger partial charge < -0.3 is 14.8 Å². The average molecular weight is 389 g/mol. The quantitative estimate of drug-likeness (QED) is 0.697. The van der Waals surface area contributed by atoms with Crippen molar-refractivity contribution >= 4 is 28.4 Å². The summed E-state index contributed by atoms with van der Waals surface area (Å²) in [6, 6.07) is 15.7. The molecule has 0 saturated heterocycles. The molecule has 0 saturated carbocycles. The number of carbonyl (C=O) groups excluding carboxylic acids is 2. The zero-order valence-electron chi connectivity index (χ0n) is 17.1. The monoisotopic (exact) mass is 389 g/mol. The fourth-order valence-electron chi connectivity index (χ4n) is 4.04. The summed E-state index contributed by atoms with van der Waals surface area (Å²) in [7, 11) is 0. The lowest BCUT2D eigenvalue weighted by atomic mass is 10.0. The van der Waals surface area contributed by atoms with Gasteiger partial charge in [-0.2, -0.15) is 0 Å². The minimum atomic E-state index is 0.0146. The Morgan fingerprint density at radius 1 is 1.14 bits per heavy atom. The Morgan fingerprint density at radius 3 is 2.66 bits per heavy atom. The summed E-state index contributed by atoms with van der Waals surface area (Å²) in [6.07, 6.45) is 2.80. The van der Waals surface area contributed by atoms with E-state index in [-0.39, 0.29) is 11.8 Å². The van der Waals surface area contributed by atoms with E-state index in [4.69, 9.17) is 0 Å². The Bertz CT molecular complexity index is 1040. The molecule has 3 aromatic rings. The number of rotatable bonds is 5. The lowest BCUT2D eigenvalue weighted by Gasteiger charge is -2.26. The SMILES string of the molecule is CCCCN(C(=O)c1ccc2[nH]c3c(c2c1)CN(C(C)=O)CC3)c1ccccc1. The van der Waals surface area contributed by atoms with Gasteiger partial charge in [-0.1, -0.05) is 31.5 Å². The number of unbranched alkanes of at least 4 members (excludes halogenated alkanes) is 1. The van der Waals surface area contributed by atoms with Crippen LogP contribution in [0.15, 0.2) is 48.5 Å². The summed E-state index contributed by atoms with van der Waals surface area (Å²) in [6.45, 7) is 5.77. The van der Waals surface area contributed by atoms with E-state index < -0.39 is 0 Å². The van der Waals surface area contributed by atoms with Crippen LogP contribution in [0, 0.1) is 0 Å². The van der Waals surface area contributed by atoms with Crippen LogP contribution in [0.25, 0.3) is 10.9 Å². The van der Waals surface area contributed by atoms with Crippen LogP contribution in [0.2, 0.25) is 0 Å². The molecule has 0 atom stereocenters. The lowest BCUT2D eigenvalue weighted by Crippen LogP contribution is -2.34. The number of fused-ring (bicyclic) bond motifs is 3. The molecule has 0 radical (unpaired) electrons. The minimum Gasteiger partial charge on any atom is -0.358 e. The molecular formula is C24H27N3O2. The third kappa shape index (κ3) is 3.77. The zero-order valence-corrected chi connectivity index (χ0v) is 17.1. The third-order valence-electron chi connectivity index (χ3n) is 5.72. The number of hydrogen-bond acceptors (Lipinski definition) is 2. The number of para-hydroxylation sites is 1. The van der Waals surface area contributed by atoms with Gasteiger partial charge in [-0.05, 0) is 36.8 Å². The van der Waals surface area contributed by atoms with Crippen molar-refractivity contribution in [2.75, 3.05) is 18.0 Å². The zero-order chi connectivity index (χ0) is 20.4. The van der Waals surface area contributed by atoms with Gasteiger partial charge in [0, 0.05) is 66.4 Å². The first-order valence-electron chi connectivity index (χ1n) is 10.3. The third-order valence-corrected chi connectivity index (χ3v) is 5.72. The van der Waals surface area contributed by atoms with E-state index in [2.05, 4.69) is 11.9 Å². The standard InChI is InChI=1S/C24H27N3O2/c1-3-4-13-27(19-8-6-5-7-9-19)24(29)18-10-11-22-20(15-18)21-16-26(17(2)28)14-12-23(21)25-22/h5-11,15,25H,3-4,12-14,16H2,1-2H3. The summed E-state index contributed by atoms with van der Waals surface area (Å²) < 4.78 is 0. The lowest BCUT2D eigenvalue weighted by molar-refractivity contribution is -0.129. The topological polar surface area (TPSA) is 56.4 Å². The predicted molar refractivity (Wildman–Crippen MR) is 116 cm³/mol. The van der Waals surface area contributed by atoms with Gasteiger partial charge in [0.25, 0.3) is 5.91 Å². The van der Waals surface area contributed by atoms with Crippen molar-refractivity contribution in [3.8, 4) is 0 Å². The smallest absolute Gasteiger partial charge is 0.258 e. The van der Waals surface area contributed by atoms with Gasteiger partial charge in [0.05, 0.1) is 0 Å². The van der Waals surface area contributed by atoms with Crippen LogP contribution >= 0.6 is 0 Å². The first kappa shape index (κ1) is 19.2. The second-order valence-electron chi connectivity index (χ2n) is 7.68. The normalized spacial score (nSPS) is 13.4. The Kier molecular flexibility index (Phi) is 5.38. The first-order chi connectivity index (χ1) is 14.1. The van der Waals surface area contributed by atoms with Crippen molar-refractivity contribution in [2.45, 2.75) is 39.7 Å². The number of aromatic nitrogens is 1. The van der Waals surface area contributed by atoms with Crippen LogP contribution in [0.4, 0.5) is 5.69 Å². The maximum Gasteiger partial charge on any atom is 0.258 e. The summed E-state index contributed by atoms with van der Waals surface area (Å²) in [5, 5.41) is 1.04. The largest absolute Gasteiger partial charge is 0.358 e. The van der Waals surface area contributed by atoms with E-state index in [0.29, 0.717) is 18.7 Å².